The van der Waals surface area contributed by atoms with E-state index < -0.39 is 10.0 Å². The van der Waals surface area contributed by atoms with Crippen molar-refractivity contribution >= 4 is 38.1 Å². The third-order valence-electron chi connectivity index (χ3n) is 5.96. The second-order valence-corrected chi connectivity index (χ2v) is 11.1. The highest BCUT2D eigenvalue weighted by molar-refractivity contribution is 7.92. The van der Waals surface area contributed by atoms with E-state index in [1.807, 2.05) is 24.3 Å². The Labute approximate surface area is 186 Å². The summed E-state index contributed by atoms with van der Waals surface area (Å²) in [5, 5.41) is 3.47. The fourth-order valence-electron chi connectivity index (χ4n) is 4.23. The number of sulfonamides is 1. The lowest BCUT2D eigenvalue weighted by Gasteiger charge is -2.19. The molecule has 6 nitrogen and oxygen atoms in total. The Hall–Kier alpha value is -2.71. The number of nitrogens with one attached hydrogen (secondary N) is 1. The highest BCUT2D eigenvalue weighted by atomic mass is 32.2. The smallest absolute Gasteiger partial charge is 0.264 e. The number of carbonyl (C=O) groups excluding carboxylic acids is 1. The van der Waals surface area contributed by atoms with Gasteiger partial charge in [-0.3, -0.25) is 14.4 Å². The van der Waals surface area contributed by atoms with Crippen LogP contribution in [0.2, 0.25) is 0 Å². The summed E-state index contributed by atoms with van der Waals surface area (Å²) < 4.78 is 27.7. The van der Waals surface area contributed by atoms with Crippen LogP contribution in [0.3, 0.4) is 0 Å². The Morgan fingerprint density at radius 3 is 2.71 bits per heavy atom. The van der Waals surface area contributed by atoms with Crippen molar-refractivity contribution in [1.82, 2.24) is 4.98 Å². The van der Waals surface area contributed by atoms with Crippen LogP contribution in [0.25, 0.3) is 0 Å². The molecule has 1 amide bonds. The lowest BCUT2D eigenvalue weighted by molar-refractivity contribution is 0.102. The molecule has 0 saturated carbocycles. The quantitative estimate of drug-likeness (QED) is 0.640. The van der Waals surface area contributed by atoms with Crippen LogP contribution in [0.4, 0.5) is 10.8 Å². The molecule has 0 saturated heterocycles. The summed E-state index contributed by atoms with van der Waals surface area (Å²) in [5.41, 5.74) is 3.25. The minimum Gasteiger partial charge on any atom is -0.298 e. The zero-order valence-electron chi connectivity index (χ0n) is 17.2. The predicted molar refractivity (Wildman–Crippen MR) is 122 cm³/mol. The number of anilines is 2. The maximum Gasteiger partial charge on any atom is 0.264 e. The second-order valence-electron chi connectivity index (χ2n) is 8.17. The van der Waals surface area contributed by atoms with Gasteiger partial charge in [0.25, 0.3) is 15.9 Å². The van der Waals surface area contributed by atoms with Gasteiger partial charge in [-0.1, -0.05) is 25.1 Å². The van der Waals surface area contributed by atoms with E-state index in [2.05, 4.69) is 17.2 Å². The van der Waals surface area contributed by atoms with E-state index in [1.165, 1.54) is 32.7 Å². The van der Waals surface area contributed by atoms with Gasteiger partial charge in [-0.25, -0.2) is 13.4 Å². The largest absolute Gasteiger partial charge is 0.298 e. The first-order valence-corrected chi connectivity index (χ1v) is 12.7. The molecule has 0 unspecified atom stereocenters. The van der Waals surface area contributed by atoms with Crippen LogP contribution in [0.5, 0.6) is 0 Å². The number of amides is 1. The molecule has 31 heavy (non-hydrogen) atoms. The second kappa shape index (κ2) is 7.76. The number of fused-ring (bicyclic) bond motifs is 2. The fraction of sp³-hybridized carbons (Fsp3) is 0.304. The molecule has 8 heteroatoms. The third-order valence-corrected chi connectivity index (χ3v) is 8.82. The molecular formula is C23H23N3O3S2. The molecule has 3 aromatic rings. The molecule has 0 bridgehead atoms. The molecule has 1 aromatic heterocycles. The van der Waals surface area contributed by atoms with Gasteiger partial charge in [-0.05, 0) is 67.5 Å². The number of hydrogen-bond acceptors (Lipinski definition) is 5. The van der Waals surface area contributed by atoms with E-state index in [0.717, 1.165) is 36.2 Å². The Balaban J connectivity index is 1.33. The summed E-state index contributed by atoms with van der Waals surface area (Å²) >= 11 is 1.53. The monoisotopic (exact) mass is 453 g/mol. The Morgan fingerprint density at radius 1 is 1.13 bits per heavy atom. The van der Waals surface area contributed by atoms with Crippen LogP contribution in [0, 0.1) is 5.92 Å². The average molecular weight is 454 g/mol. The average Bonchev–Trinajstić information content (AvgIpc) is 3.37. The molecular weight excluding hydrogens is 430 g/mol. The van der Waals surface area contributed by atoms with Crippen molar-refractivity contribution in [2.75, 3.05) is 16.2 Å². The van der Waals surface area contributed by atoms with Gasteiger partial charge < -0.3 is 0 Å². The first kappa shape index (κ1) is 20.2. The number of nitrogens with zero attached hydrogens (tertiary/aromatic N) is 2. The summed E-state index contributed by atoms with van der Waals surface area (Å²) in [5.74, 6) is 0.364. The van der Waals surface area contributed by atoms with Gasteiger partial charge in [-0.2, -0.15) is 0 Å². The van der Waals surface area contributed by atoms with Crippen molar-refractivity contribution in [2.45, 2.75) is 37.5 Å². The zero-order valence-corrected chi connectivity index (χ0v) is 18.8. The summed E-state index contributed by atoms with van der Waals surface area (Å²) in [7, 11) is -3.67. The molecule has 0 spiro atoms. The summed E-state index contributed by atoms with van der Waals surface area (Å²) in [6.07, 6.45) is 3.79. The van der Waals surface area contributed by atoms with Crippen LogP contribution in [-0.2, 0) is 29.3 Å². The number of aryl methyl sites for hydroxylation is 1. The standard InChI is InChI=1S/C23H23N3O3S2/c1-15-6-11-19-21(14-15)30-23(24-19)25-22(27)17-7-9-18(10-8-17)31(28,29)26-13-12-16-4-2-3-5-20(16)26/h2-5,7-10,15H,6,11-14H2,1H3,(H,24,25,27)/t15-/m0/s1. The Kier molecular flexibility index (Phi) is 5.06. The fourth-order valence-corrected chi connectivity index (χ4v) is 6.90. The minimum absolute atomic E-state index is 0.180. The summed E-state index contributed by atoms with van der Waals surface area (Å²) in [6, 6.07) is 13.7. The first-order chi connectivity index (χ1) is 14.9. The lowest BCUT2D eigenvalue weighted by Crippen LogP contribution is -2.29. The molecule has 0 fully saturated rings. The molecule has 0 radical (unpaired) electrons. The van der Waals surface area contributed by atoms with E-state index in [0.29, 0.717) is 29.6 Å². The number of thiazole rings is 1. The molecule has 1 aliphatic heterocycles. The van der Waals surface area contributed by atoms with E-state index >= 15 is 0 Å². The Bertz CT molecular complexity index is 1250. The highest BCUT2D eigenvalue weighted by Crippen LogP contribution is 2.34. The normalized spacial score (nSPS) is 17.8. The van der Waals surface area contributed by atoms with E-state index in [-0.39, 0.29) is 10.8 Å². The van der Waals surface area contributed by atoms with Gasteiger partial charge in [-0.15, -0.1) is 11.3 Å². The number of para-hydroxylation sites is 1. The van der Waals surface area contributed by atoms with Crippen molar-refractivity contribution in [3.05, 3.63) is 70.2 Å². The molecule has 2 aromatic carbocycles. The van der Waals surface area contributed by atoms with Crippen LogP contribution in [0.1, 0.15) is 39.8 Å². The van der Waals surface area contributed by atoms with E-state index in [1.54, 1.807) is 12.1 Å². The zero-order chi connectivity index (χ0) is 21.6. The molecule has 1 atom stereocenters. The molecule has 5 rings (SSSR count). The maximum absolute atomic E-state index is 13.1. The van der Waals surface area contributed by atoms with E-state index in [9.17, 15) is 13.2 Å². The lowest BCUT2D eigenvalue weighted by atomic mass is 9.93. The van der Waals surface area contributed by atoms with Gasteiger partial charge in [0.1, 0.15) is 0 Å². The van der Waals surface area contributed by atoms with Crippen molar-refractivity contribution in [1.29, 1.82) is 0 Å². The van der Waals surface area contributed by atoms with Crippen molar-refractivity contribution in [2.24, 2.45) is 5.92 Å². The number of hydrogen-bond donors (Lipinski definition) is 1. The van der Waals surface area contributed by atoms with Crippen LogP contribution in [-0.4, -0.2) is 25.9 Å². The SMILES string of the molecule is C[C@H]1CCc2nc(NC(=O)c3ccc(S(=O)(=O)N4CCc5ccccc54)cc3)sc2C1. The number of aromatic nitrogens is 1. The van der Waals surface area contributed by atoms with E-state index in [4.69, 9.17) is 0 Å². The van der Waals surface area contributed by atoms with Crippen molar-refractivity contribution < 1.29 is 13.2 Å². The first-order valence-electron chi connectivity index (χ1n) is 10.4. The van der Waals surface area contributed by atoms with Gasteiger partial charge in [0.2, 0.25) is 0 Å². The summed E-state index contributed by atoms with van der Waals surface area (Å²) in [6.45, 7) is 2.66. The minimum atomic E-state index is -3.67. The van der Waals surface area contributed by atoms with Gasteiger partial charge >= 0.3 is 0 Å². The van der Waals surface area contributed by atoms with Crippen LogP contribution < -0.4 is 9.62 Å². The van der Waals surface area contributed by atoms with Crippen molar-refractivity contribution in [3.8, 4) is 0 Å². The van der Waals surface area contributed by atoms with Crippen LogP contribution >= 0.6 is 11.3 Å². The number of carbonyl (C=O) groups is 1. The predicted octanol–water partition coefficient (Wildman–Crippen LogP) is 4.27. The van der Waals surface area contributed by atoms with Gasteiger partial charge in [0.05, 0.1) is 16.3 Å². The molecule has 1 aliphatic carbocycles. The third kappa shape index (κ3) is 3.74. The number of rotatable bonds is 4. The molecule has 1 N–H and O–H groups in total. The topological polar surface area (TPSA) is 79.4 Å². The van der Waals surface area contributed by atoms with Crippen molar-refractivity contribution in [3.63, 3.8) is 0 Å². The molecule has 2 aliphatic rings. The maximum atomic E-state index is 13.1. The van der Waals surface area contributed by atoms with Crippen LogP contribution in [0.15, 0.2) is 53.4 Å². The molecule has 2 heterocycles. The van der Waals surface area contributed by atoms with Gasteiger partial charge in [0.15, 0.2) is 5.13 Å². The van der Waals surface area contributed by atoms with Gasteiger partial charge in [0, 0.05) is 17.0 Å². The summed E-state index contributed by atoms with van der Waals surface area (Å²) in [4.78, 5) is 18.7. The Morgan fingerprint density at radius 2 is 1.90 bits per heavy atom. The number of benzene rings is 2. The highest BCUT2D eigenvalue weighted by Gasteiger charge is 2.30. The molecule has 160 valence electrons.